The summed E-state index contributed by atoms with van der Waals surface area (Å²) in [5.74, 6) is -3.42. The van der Waals surface area contributed by atoms with E-state index in [4.69, 9.17) is 18.9 Å². The minimum absolute atomic E-state index is 0.000884. The summed E-state index contributed by atoms with van der Waals surface area (Å²) in [6, 6.07) is 13.9. The second-order valence-corrected chi connectivity index (χ2v) is 15.6. The topological polar surface area (TPSA) is 205 Å². The number of esters is 2. The van der Waals surface area contributed by atoms with E-state index in [9.17, 15) is 28.8 Å². The lowest BCUT2D eigenvalue weighted by Crippen LogP contribution is -2.57. The number of ether oxygens (including phenoxy) is 4. The van der Waals surface area contributed by atoms with Crippen molar-refractivity contribution in [2.75, 3.05) is 0 Å². The van der Waals surface area contributed by atoms with E-state index in [1.54, 1.807) is 50.0 Å². The first kappa shape index (κ1) is 45.9. The van der Waals surface area contributed by atoms with Crippen molar-refractivity contribution in [1.82, 2.24) is 30.8 Å². The van der Waals surface area contributed by atoms with Crippen LogP contribution in [0.2, 0.25) is 0 Å². The molecule has 1 heterocycles. The highest BCUT2D eigenvalue weighted by Gasteiger charge is 2.31. The number of carbonyl (C=O) groups excluding carboxylic acids is 6. The van der Waals surface area contributed by atoms with Crippen LogP contribution in [0.25, 0.3) is 0 Å². The van der Waals surface area contributed by atoms with Gasteiger partial charge in [-0.05, 0) is 77.8 Å². The molecule has 1 aliphatic carbocycles. The zero-order chi connectivity index (χ0) is 42.8. The van der Waals surface area contributed by atoms with E-state index in [1.807, 2.05) is 48.5 Å². The highest BCUT2D eigenvalue weighted by Crippen LogP contribution is 2.21. The number of hydrogen-bond donors (Lipinski definition) is 4. The molecule has 16 heteroatoms. The molecule has 0 bridgehead atoms. The van der Waals surface area contributed by atoms with Crippen LogP contribution in [0.3, 0.4) is 0 Å². The minimum atomic E-state index is -1.28. The molecule has 0 aliphatic heterocycles. The maximum atomic E-state index is 13.7. The van der Waals surface area contributed by atoms with Crippen LogP contribution in [-0.4, -0.2) is 81.2 Å². The molecule has 3 aromatic rings. The average molecular weight is 819 g/mol. The SMILES string of the molecule is C[C@@H](NC(=O)[C@H](Cc1cn(COCc2ccccc2)cn1)NC(=O)OC(C)(C)C)C(=O)N[C@@H](CCC(=O)OC1CCCCC1)C(=O)N[C@H](C)C(=O)OCc1ccccc1. The van der Waals surface area contributed by atoms with E-state index >= 15 is 0 Å². The molecule has 16 nitrogen and oxygen atoms in total. The van der Waals surface area contributed by atoms with Crippen molar-refractivity contribution in [1.29, 1.82) is 0 Å². The fraction of sp³-hybridized carbons (Fsp3) is 0.512. The summed E-state index contributed by atoms with van der Waals surface area (Å²) in [5.41, 5.74) is 1.36. The van der Waals surface area contributed by atoms with Crippen molar-refractivity contribution in [2.45, 2.75) is 142 Å². The Kier molecular flexibility index (Phi) is 17.9. The van der Waals surface area contributed by atoms with Crippen LogP contribution in [0, 0.1) is 0 Å². The first-order valence-electron chi connectivity index (χ1n) is 20.1. The average Bonchev–Trinajstić information content (AvgIpc) is 3.65. The van der Waals surface area contributed by atoms with Gasteiger partial charge in [-0.25, -0.2) is 14.6 Å². The van der Waals surface area contributed by atoms with E-state index in [1.165, 1.54) is 13.8 Å². The summed E-state index contributed by atoms with van der Waals surface area (Å²) >= 11 is 0. The predicted octanol–water partition coefficient (Wildman–Crippen LogP) is 4.39. The van der Waals surface area contributed by atoms with Crippen LogP contribution in [0.1, 0.15) is 96.4 Å². The summed E-state index contributed by atoms with van der Waals surface area (Å²) in [4.78, 5) is 83.6. The zero-order valence-electron chi connectivity index (χ0n) is 34.6. The third-order valence-electron chi connectivity index (χ3n) is 9.27. The van der Waals surface area contributed by atoms with Crippen molar-refractivity contribution in [3.63, 3.8) is 0 Å². The third-order valence-corrected chi connectivity index (χ3v) is 9.27. The minimum Gasteiger partial charge on any atom is -0.462 e. The summed E-state index contributed by atoms with van der Waals surface area (Å²) < 4.78 is 23.8. The molecule has 4 rings (SSSR count). The van der Waals surface area contributed by atoms with Gasteiger partial charge in [-0.15, -0.1) is 0 Å². The Morgan fingerprint density at radius 1 is 0.763 bits per heavy atom. The van der Waals surface area contributed by atoms with Gasteiger partial charge >= 0.3 is 18.0 Å². The molecule has 2 aromatic carbocycles. The smallest absolute Gasteiger partial charge is 0.408 e. The standard InChI is InChI=1S/C43H58N6O10/c1-29(45-40(53)36(48-42(55)59-43(3,4)5)23-33-24-49(27-44-33)28-56-25-31-15-9-6-10-16-31)38(51)47-35(21-22-37(50)58-34-19-13-8-14-20-34)39(52)46-30(2)41(54)57-26-32-17-11-7-12-18-32/h6-7,9-12,15-18,24,27,29-30,34-36H,8,13-14,19-23,25-26,28H2,1-5H3,(H,45,53)(H,46,52)(H,47,51)(H,48,55)/t29-,30-,35+,36+/m1/s1. The lowest BCUT2D eigenvalue weighted by atomic mass is 9.98. The van der Waals surface area contributed by atoms with E-state index in [-0.39, 0.29) is 38.7 Å². The molecule has 1 saturated carbocycles. The van der Waals surface area contributed by atoms with Crippen molar-refractivity contribution in [3.05, 3.63) is 90.0 Å². The first-order valence-corrected chi connectivity index (χ1v) is 20.1. The molecule has 320 valence electrons. The van der Waals surface area contributed by atoms with Crippen LogP contribution in [0.4, 0.5) is 4.79 Å². The summed E-state index contributed by atoms with van der Waals surface area (Å²) in [5, 5.41) is 10.4. The summed E-state index contributed by atoms with van der Waals surface area (Å²) in [7, 11) is 0. The van der Waals surface area contributed by atoms with Gasteiger partial charge in [-0.1, -0.05) is 67.1 Å². The molecule has 1 fully saturated rings. The molecule has 1 aliphatic rings. The Hall–Kier alpha value is -5.77. The van der Waals surface area contributed by atoms with Crippen molar-refractivity contribution < 1.29 is 47.7 Å². The highest BCUT2D eigenvalue weighted by molar-refractivity contribution is 5.94. The molecule has 0 radical (unpaired) electrons. The van der Waals surface area contributed by atoms with Crippen LogP contribution < -0.4 is 21.3 Å². The Morgan fingerprint density at radius 2 is 1.37 bits per heavy atom. The fourth-order valence-corrected chi connectivity index (χ4v) is 6.16. The molecular formula is C43H58N6O10. The number of hydrogen-bond acceptors (Lipinski definition) is 11. The molecule has 0 saturated heterocycles. The number of carbonyl (C=O) groups is 6. The molecule has 0 spiro atoms. The van der Waals surface area contributed by atoms with Gasteiger partial charge in [0.2, 0.25) is 17.7 Å². The second kappa shape index (κ2) is 23.0. The van der Waals surface area contributed by atoms with Crippen LogP contribution in [0.15, 0.2) is 73.2 Å². The largest absolute Gasteiger partial charge is 0.462 e. The summed E-state index contributed by atoms with van der Waals surface area (Å²) in [6.45, 7) is 8.48. The molecular weight excluding hydrogens is 761 g/mol. The highest BCUT2D eigenvalue weighted by atomic mass is 16.6. The predicted molar refractivity (Wildman–Crippen MR) is 216 cm³/mol. The molecule has 0 unspecified atom stereocenters. The van der Waals surface area contributed by atoms with Gasteiger partial charge in [-0.2, -0.15) is 0 Å². The van der Waals surface area contributed by atoms with Gasteiger partial charge in [0.15, 0.2) is 0 Å². The fourth-order valence-electron chi connectivity index (χ4n) is 6.16. The maximum Gasteiger partial charge on any atom is 0.408 e. The van der Waals surface area contributed by atoms with Gasteiger partial charge in [0.1, 0.15) is 49.2 Å². The number of nitrogens with zero attached hydrogens (tertiary/aromatic N) is 2. The van der Waals surface area contributed by atoms with E-state index in [0.29, 0.717) is 12.3 Å². The number of aromatic nitrogens is 2. The lowest BCUT2D eigenvalue weighted by molar-refractivity contribution is -0.151. The van der Waals surface area contributed by atoms with E-state index in [2.05, 4.69) is 26.3 Å². The Balaban J connectivity index is 1.39. The number of benzene rings is 2. The quantitative estimate of drug-likeness (QED) is 0.0930. The van der Waals surface area contributed by atoms with Crippen molar-refractivity contribution >= 4 is 35.8 Å². The van der Waals surface area contributed by atoms with Crippen LogP contribution in [-0.2, 0) is 69.3 Å². The van der Waals surface area contributed by atoms with E-state index < -0.39 is 65.5 Å². The molecule has 59 heavy (non-hydrogen) atoms. The monoisotopic (exact) mass is 818 g/mol. The van der Waals surface area contributed by atoms with E-state index in [0.717, 1.165) is 43.2 Å². The molecule has 4 atom stereocenters. The van der Waals surface area contributed by atoms with Crippen LogP contribution >= 0.6 is 0 Å². The molecule has 4 amide bonds. The zero-order valence-corrected chi connectivity index (χ0v) is 34.6. The number of nitrogens with one attached hydrogen (secondary N) is 4. The van der Waals surface area contributed by atoms with Crippen molar-refractivity contribution in [2.24, 2.45) is 0 Å². The Morgan fingerprint density at radius 3 is 2.02 bits per heavy atom. The molecule has 4 N–H and O–H groups in total. The number of imidazole rings is 1. The normalized spacial score (nSPS) is 15.1. The lowest BCUT2D eigenvalue weighted by Gasteiger charge is -2.25. The van der Waals surface area contributed by atoms with Gasteiger partial charge in [0.05, 0.1) is 18.6 Å². The third kappa shape index (κ3) is 16.9. The number of amides is 4. The van der Waals surface area contributed by atoms with Crippen molar-refractivity contribution in [3.8, 4) is 0 Å². The van der Waals surface area contributed by atoms with Gasteiger partial charge < -0.3 is 44.8 Å². The van der Waals surface area contributed by atoms with Gasteiger partial charge in [0, 0.05) is 19.0 Å². The Bertz CT molecular complexity index is 1820. The number of alkyl carbamates (subject to hydrolysis) is 1. The second-order valence-electron chi connectivity index (χ2n) is 15.6. The van der Waals surface area contributed by atoms with Gasteiger partial charge in [0.25, 0.3) is 0 Å². The molecule has 1 aromatic heterocycles. The Labute approximate surface area is 345 Å². The number of rotatable bonds is 20. The maximum absolute atomic E-state index is 13.7. The van der Waals surface area contributed by atoms with Crippen LogP contribution in [0.5, 0.6) is 0 Å². The van der Waals surface area contributed by atoms with Gasteiger partial charge in [-0.3, -0.25) is 19.2 Å². The summed E-state index contributed by atoms with van der Waals surface area (Å²) in [6.07, 6.45) is 6.31. The first-order chi connectivity index (χ1) is 28.1.